The molecule has 0 saturated carbocycles. The lowest BCUT2D eigenvalue weighted by Crippen LogP contribution is -2.50. The van der Waals surface area contributed by atoms with Gasteiger partial charge in [-0.3, -0.25) is 4.79 Å². The Bertz CT molecular complexity index is 202. The standard InChI is InChI=1S/C8H17N3O2/c1-5(2)6(7(9)12)10-8(13)11(3)4/h5-6H,1-4H3,(H2,9,12)(H,10,13). The van der Waals surface area contributed by atoms with Gasteiger partial charge in [-0.25, -0.2) is 4.79 Å². The van der Waals surface area contributed by atoms with Crippen molar-refractivity contribution in [3.05, 3.63) is 0 Å². The molecule has 0 aromatic heterocycles. The predicted octanol–water partition coefficient (Wildman–Crippen LogP) is -0.232. The maximum Gasteiger partial charge on any atom is 0.317 e. The lowest BCUT2D eigenvalue weighted by Gasteiger charge is -2.21. The molecule has 0 saturated heterocycles. The Morgan fingerprint density at radius 2 is 1.77 bits per heavy atom. The number of nitrogens with two attached hydrogens (primary N) is 1. The molecule has 0 aliphatic rings. The molecule has 3 N–H and O–H groups in total. The first-order valence-corrected chi connectivity index (χ1v) is 4.13. The minimum absolute atomic E-state index is 0.00130. The second-order valence-corrected chi connectivity index (χ2v) is 3.47. The number of nitrogens with one attached hydrogen (secondary N) is 1. The number of amides is 3. The molecule has 0 aliphatic heterocycles. The van der Waals surface area contributed by atoms with E-state index in [1.807, 2.05) is 13.8 Å². The van der Waals surface area contributed by atoms with Crippen molar-refractivity contribution in [3.8, 4) is 0 Å². The van der Waals surface area contributed by atoms with E-state index in [1.165, 1.54) is 4.90 Å². The van der Waals surface area contributed by atoms with Gasteiger partial charge in [0.15, 0.2) is 0 Å². The third kappa shape index (κ3) is 3.78. The summed E-state index contributed by atoms with van der Waals surface area (Å²) >= 11 is 0. The fraction of sp³-hybridized carbons (Fsp3) is 0.750. The molecule has 0 aliphatic carbocycles. The van der Waals surface area contributed by atoms with Crippen LogP contribution in [0.3, 0.4) is 0 Å². The number of rotatable bonds is 3. The topological polar surface area (TPSA) is 75.4 Å². The summed E-state index contributed by atoms with van der Waals surface area (Å²) in [5.41, 5.74) is 5.11. The van der Waals surface area contributed by atoms with Gasteiger partial charge < -0.3 is 16.0 Å². The minimum Gasteiger partial charge on any atom is -0.368 e. The average Bonchev–Trinajstić information content (AvgIpc) is 1.97. The van der Waals surface area contributed by atoms with E-state index in [9.17, 15) is 9.59 Å². The van der Waals surface area contributed by atoms with Crippen LogP contribution in [-0.2, 0) is 4.79 Å². The third-order valence-electron chi connectivity index (χ3n) is 1.66. The summed E-state index contributed by atoms with van der Waals surface area (Å²) in [6.45, 7) is 3.65. The van der Waals surface area contributed by atoms with Crippen LogP contribution in [0.5, 0.6) is 0 Å². The summed E-state index contributed by atoms with van der Waals surface area (Å²) in [6.07, 6.45) is 0. The van der Waals surface area contributed by atoms with E-state index in [-0.39, 0.29) is 11.9 Å². The van der Waals surface area contributed by atoms with Crippen LogP contribution < -0.4 is 11.1 Å². The molecule has 0 spiro atoms. The van der Waals surface area contributed by atoms with Gasteiger partial charge in [0.2, 0.25) is 5.91 Å². The van der Waals surface area contributed by atoms with E-state index in [1.54, 1.807) is 14.1 Å². The van der Waals surface area contributed by atoms with Gasteiger partial charge in [0.1, 0.15) is 6.04 Å². The zero-order chi connectivity index (χ0) is 10.6. The molecule has 5 nitrogen and oxygen atoms in total. The van der Waals surface area contributed by atoms with Crippen molar-refractivity contribution in [2.24, 2.45) is 11.7 Å². The van der Waals surface area contributed by atoms with Crippen LogP contribution in [0.25, 0.3) is 0 Å². The number of urea groups is 1. The summed E-state index contributed by atoms with van der Waals surface area (Å²) in [6, 6.07) is -0.910. The Labute approximate surface area is 78.3 Å². The zero-order valence-corrected chi connectivity index (χ0v) is 8.50. The molecule has 0 aromatic carbocycles. The van der Waals surface area contributed by atoms with Crippen molar-refractivity contribution < 1.29 is 9.59 Å². The Kier molecular flexibility index (Phi) is 4.23. The van der Waals surface area contributed by atoms with Crippen molar-refractivity contribution in [2.45, 2.75) is 19.9 Å². The number of carbonyl (C=O) groups excluding carboxylic acids is 2. The van der Waals surface area contributed by atoms with Gasteiger partial charge in [-0.2, -0.15) is 0 Å². The van der Waals surface area contributed by atoms with Gasteiger partial charge in [-0.05, 0) is 5.92 Å². The summed E-state index contributed by atoms with van der Waals surface area (Å²) < 4.78 is 0. The second kappa shape index (κ2) is 4.69. The number of hydrogen-bond donors (Lipinski definition) is 2. The van der Waals surface area contributed by atoms with Gasteiger partial charge in [0.05, 0.1) is 0 Å². The molecule has 76 valence electrons. The molecular formula is C8H17N3O2. The Morgan fingerprint density at radius 3 is 2.00 bits per heavy atom. The average molecular weight is 187 g/mol. The fourth-order valence-corrected chi connectivity index (χ4v) is 0.828. The van der Waals surface area contributed by atoms with Crippen molar-refractivity contribution in [1.82, 2.24) is 10.2 Å². The molecule has 1 atom stereocenters. The van der Waals surface area contributed by atoms with E-state index in [0.29, 0.717) is 0 Å². The summed E-state index contributed by atoms with van der Waals surface area (Å²) in [7, 11) is 3.21. The molecule has 0 heterocycles. The van der Waals surface area contributed by atoms with E-state index in [0.717, 1.165) is 0 Å². The maximum atomic E-state index is 11.2. The highest BCUT2D eigenvalue weighted by atomic mass is 16.2. The Hall–Kier alpha value is -1.26. The normalized spacial score (nSPS) is 12.4. The monoisotopic (exact) mass is 187 g/mol. The fourth-order valence-electron chi connectivity index (χ4n) is 0.828. The highest BCUT2D eigenvalue weighted by Gasteiger charge is 2.21. The van der Waals surface area contributed by atoms with Crippen LogP contribution in [0, 0.1) is 5.92 Å². The van der Waals surface area contributed by atoms with Crippen molar-refractivity contribution >= 4 is 11.9 Å². The quantitative estimate of drug-likeness (QED) is 0.640. The molecule has 0 fully saturated rings. The first-order valence-electron chi connectivity index (χ1n) is 4.13. The van der Waals surface area contributed by atoms with Gasteiger partial charge in [0, 0.05) is 14.1 Å². The van der Waals surface area contributed by atoms with Crippen molar-refractivity contribution in [3.63, 3.8) is 0 Å². The highest BCUT2D eigenvalue weighted by molar-refractivity contribution is 5.85. The van der Waals surface area contributed by atoms with Gasteiger partial charge in [-0.15, -0.1) is 0 Å². The van der Waals surface area contributed by atoms with Crippen LogP contribution in [-0.4, -0.2) is 37.0 Å². The van der Waals surface area contributed by atoms with Gasteiger partial charge in [-0.1, -0.05) is 13.8 Å². The highest BCUT2D eigenvalue weighted by Crippen LogP contribution is 2.00. The van der Waals surface area contributed by atoms with Crippen molar-refractivity contribution in [2.75, 3.05) is 14.1 Å². The summed E-state index contributed by atoms with van der Waals surface area (Å²) in [4.78, 5) is 23.4. The molecule has 0 rings (SSSR count). The first kappa shape index (κ1) is 11.7. The smallest absolute Gasteiger partial charge is 0.317 e. The minimum atomic E-state index is -0.602. The second-order valence-electron chi connectivity index (χ2n) is 3.47. The van der Waals surface area contributed by atoms with Crippen LogP contribution in [0.15, 0.2) is 0 Å². The van der Waals surface area contributed by atoms with Crippen LogP contribution in [0.4, 0.5) is 4.79 Å². The molecule has 1 unspecified atom stereocenters. The van der Waals surface area contributed by atoms with E-state index < -0.39 is 11.9 Å². The third-order valence-corrected chi connectivity index (χ3v) is 1.66. The number of carbonyl (C=O) groups is 2. The lowest BCUT2D eigenvalue weighted by atomic mass is 10.0. The molecule has 13 heavy (non-hydrogen) atoms. The number of hydrogen-bond acceptors (Lipinski definition) is 2. The van der Waals surface area contributed by atoms with Crippen LogP contribution in [0.2, 0.25) is 0 Å². The SMILES string of the molecule is CC(C)C(NC(=O)N(C)C)C(N)=O. The predicted molar refractivity (Wildman–Crippen MR) is 50.0 cm³/mol. The Morgan fingerprint density at radius 1 is 1.31 bits per heavy atom. The maximum absolute atomic E-state index is 11.2. The van der Waals surface area contributed by atoms with Gasteiger partial charge in [0.25, 0.3) is 0 Å². The van der Waals surface area contributed by atoms with E-state index >= 15 is 0 Å². The molecule has 5 heteroatoms. The van der Waals surface area contributed by atoms with Crippen LogP contribution in [0.1, 0.15) is 13.8 Å². The number of nitrogens with zero attached hydrogens (tertiary/aromatic N) is 1. The van der Waals surface area contributed by atoms with Gasteiger partial charge >= 0.3 is 6.03 Å². The molecule has 0 radical (unpaired) electrons. The van der Waals surface area contributed by atoms with Crippen molar-refractivity contribution in [1.29, 1.82) is 0 Å². The molecule has 3 amide bonds. The number of primary amides is 1. The largest absolute Gasteiger partial charge is 0.368 e. The van der Waals surface area contributed by atoms with E-state index in [4.69, 9.17) is 5.73 Å². The summed E-state index contributed by atoms with van der Waals surface area (Å²) in [5, 5.41) is 2.53. The Balaban J connectivity index is 4.27. The molecule has 0 aromatic rings. The summed E-state index contributed by atoms with van der Waals surface area (Å²) in [5.74, 6) is -0.508. The van der Waals surface area contributed by atoms with E-state index in [2.05, 4.69) is 5.32 Å². The first-order chi connectivity index (χ1) is 5.86. The van der Waals surface area contributed by atoms with Crippen LogP contribution >= 0.6 is 0 Å². The lowest BCUT2D eigenvalue weighted by molar-refractivity contribution is -0.120. The zero-order valence-electron chi connectivity index (χ0n) is 8.50. The molecule has 0 bridgehead atoms. The molecular weight excluding hydrogens is 170 g/mol.